The fraction of sp³-hybridized carbons (Fsp3) is 0. The number of rotatable bonds is 4. The molecular weight excluding hydrogens is 259 g/mol. The molecular formula is C16H11FO3. The molecule has 0 unspecified atom stereocenters. The number of carbonyl (C=O) groups is 2. The van der Waals surface area contributed by atoms with Crippen LogP contribution in [-0.2, 0) is 4.79 Å². The van der Waals surface area contributed by atoms with Crippen LogP contribution in [0, 0.1) is 5.82 Å². The van der Waals surface area contributed by atoms with E-state index in [-0.39, 0.29) is 5.82 Å². The lowest BCUT2D eigenvalue weighted by Crippen LogP contribution is -2.03. The Morgan fingerprint density at radius 2 is 1.80 bits per heavy atom. The lowest BCUT2D eigenvalue weighted by atomic mass is 10.2. The molecule has 0 radical (unpaired) electrons. The molecule has 0 atom stereocenters. The Hall–Kier alpha value is -2.75. The average molecular weight is 270 g/mol. The Morgan fingerprint density at radius 1 is 1.05 bits per heavy atom. The van der Waals surface area contributed by atoms with Crippen LogP contribution in [0.5, 0.6) is 5.75 Å². The van der Waals surface area contributed by atoms with Gasteiger partial charge in [0.15, 0.2) is 0 Å². The Morgan fingerprint density at radius 3 is 2.50 bits per heavy atom. The lowest BCUT2D eigenvalue weighted by molar-refractivity contribution is -0.128. The summed E-state index contributed by atoms with van der Waals surface area (Å²) in [6.07, 6.45) is 3.43. The van der Waals surface area contributed by atoms with Crippen LogP contribution in [0.25, 0.3) is 6.08 Å². The second-order valence-corrected chi connectivity index (χ2v) is 4.00. The van der Waals surface area contributed by atoms with E-state index < -0.39 is 5.97 Å². The first kappa shape index (κ1) is 13.7. The minimum atomic E-state index is -0.572. The van der Waals surface area contributed by atoms with Crippen molar-refractivity contribution in [1.82, 2.24) is 0 Å². The van der Waals surface area contributed by atoms with Crippen LogP contribution in [0.15, 0.2) is 54.6 Å². The molecule has 0 heterocycles. The van der Waals surface area contributed by atoms with Crippen molar-refractivity contribution in [3.05, 3.63) is 71.6 Å². The predicted octanol–water partition coefficient (Wildman–Crippen LogP) is 3.26. The van der Waals surface area contributed by atoms with Crippen molar-refractivity contribution in [3.63, 3.8) is 0 Å². The molecule has 2 aromatic rings. The van der Waals surface area contributed by atoms with E-state index in [0.29, 0.717) is 23.2 Å². The quantitative estimate of drug-likeness (QED) is 0.371. The van der Waals surface area contributed by atoms with Gasteiger partial charge < -0.3 is 4.74 Å². The minimum absolute atomic E-state index is 0.295. The third-order valence-corrected chi connectivity index (χ3v) is 2.49. The third-order valence-electron chi connectivity index (χ3n) is 2.49. The summed E-state index contributed by atoms with van der Waals surface area (Å²) in [7, 11) is 0. The van der Waals surface area contributed by atoms with E-state index in [9.17, 15) is 14.0 Å². The summed E-state index contributed by atoms with van der Waals surface area (Å²) in [6, 6.07) is 12.0. The zero-order chi connectivity index (χ0) is 14.4. The molecule has 0 aliphatic heterocycles. The zero-order valence-corrected chi connectivity index (χ0v) is 10.5. The van der Waals surface area contributed by atoms with Gasteiger partial charge in [0, 0.05) is 11.6 Å². The van der Waals surface area contributed by atoms with E-state index >= 15 is 0 Å². The van der Waals surface area contributed by atoms with Crippen LogP contribution in [0.1, 0.15) is 15.9 Å². The first-order valence-electron chi connectivity index (χ1n) is 5.88. The fourth-order valence-corrected chi connectivity index (χ4v) is 1.54. The number of carbonyl (C=O) groups excluding carboxylic acids is 2. The predicted molar refractivity (Wildman–Crippen MR) is 72.9 cm³/mol. The molecule has 0 bridgehead atoms. The van der Waals surface area contributed by atoms with Crippen LogP contribution in [0.2, 0.25) is 0 Å². The molecule has 0 saturated heterocycles. The molecule has 0 amide bonds. The summed E-state index contributed by atoms with van der Waals surface area (Å²) in [5.41, 5.74) is 1.11. The number of benzene rings is 2. The number of ether oxygens (including phenoxy) is 1. The topological polar surface area (TPSA) is 43.4 Å². The lowest BCUT2D eigenvalue weighted by Gasteiger charge is -2.01. The summed E-state index contributed by atoms with van der Waals surface area (Å²) in [5, 5.41) is 0. The van der Waals surface area contributed by atoms with E-state index in [2.05, 4.69) is 0 Å². The fourth-order valence-electron chi connectivity index (χ4n) is 1.54. The SMILES string of the molecule is O=Cc1cccc(OC(=O)/C=C/c2ccc(F)cc2)c1. The van der Waals surface area contributed by atoms with Crippen LogP contribution in [0.3, 0.4) is 0 Å². The first-order chi connectivity index (χ1) is 9.67. The second kappa shape index (κ2) is 6.43. The molecule has 20 heavy (non-hydrogen) atoms. The van der Waals surface area contributed by atoms with Crippen molar-refractivity contribution in [3.8, 4) is 5.75 Å². The zero-order valence-electron chi connectivity index (χ0n) is 10.5. The smallest absolute Gasteiger partial charge is 0.336 e. The molecule has 4 heteroatoms. The largest absolute Gasteiger partial charge is 0.423 e. The second-order valence-electron chi connectivity index (χ2n) is 4.00. The normalized spacial score (nSPS) is 10.4. The van der Waals surface area contributed by atoms with E-state index in [0.717, 1.165) is 0 Å². The number of aldehydes is 1. The van der Waals surface area contributed by atoms with Gasteiger partial charge in [-0.05, 0) is 35.9 Å². The summed E-state index contributed by atoms with van der Waals surface area (Å²) in [5.74, 6) is -0.615. The van der Waals surface area contributed by atoms with Gasteiger partial charge in [0.1, 0.15) is 17.9 Å². The van der Waals surface area contributed by atoms with Gasteiger partial charge in [0.05, 0.1) is 0 Å². The number of hydrogen-bond acceptors (Lipinski definition) is 3. The van der Waals surface area contributed by atoms with Gasteiger partial charge in [-0.3, -0.25) is 4.79 Å². The van der Waals surface area contributed by atoms with Crippen molar-refractivity contribution in [2.75, 3.05) is 0 Å². The van der Waals surface area contributed by atoms with Crippen molar-refractivity contribution in [1.29, 1.82) is 0 Å². The highest BCUT2D eigenvalue weighted by atomic mass is 19.1. The standard InChI is InChI=1S/C16H11FO3/c17-14-7-4-12(5-8-14)6-9-16(19)20-15-3-1-2-13(10-15)11-18/h1-11H/b9-6+. The molecule has 0 aromatic heterocycles. The monoisotopic (exact) mass is 270 g/mol. The maximum absolute atomic E-state index is 12.7. The van der Waals surface area contributed by atoms with Crippen LogP contribution in [-0.4, -0.2) is 12.3 Å². The van der Waals surface area contributed by atoms with E-state index in [1.165, 1.54) is 30.4 Å². The van der Waals surface area contributed by atoms with Crippen molar-refractivity contribution < 1.29 is 18.7 Å². The van der Waals surface area contributed by atoms with Crippen LogP contribution in [0.4, 0.5) is 4.39 Å². The van der Waals surface area contributed by atoms with Crippen LogP contribution >= 0.6 is 0 Å². The van der Waals surface area contributed by atoms with Gasteiger partial charge in [0.2, 0.25) is 0 Å². The molecule has 2 rings (SSSR count). The molecule has 0 fully saturated rings. The molecule has 0 N–H and O–H groups in total. The van der Waals surface area contributed by atoms with Gasteiger partial charge in [-0.25, -0.2) is 9.18 Å². The van der Waals surface area contributed by atoms with E-state index in [4.69, 9.17) is 4.74 Å². The molecule has 100 valence electrons. The van der Waals surface area contributed by atoms with E-state index in [1.807, 2.05) is 0 Å². The maximum Gasteiger partial charge on any atom is 0.336 e. The van der Waals surface area contributed by atoms with Crippen molar-refractivity contribution >= 4 is 18.3 Å². The third kappa shape index (κ3) is 3.88. The highest BCUT2D eigenvalue weighted by Crippen LogP contribution is 2.12. The van der Waals surface area contributed by atoms with Gasteiger partial charge >= 0.3 is 5.97 Å². The highest BCUT2D eigenvalue weighted by molar-refractivity contribution is 5.89. The average Bonchev–Trinajstić information content (AvgIpc) is 2.47. The van der Waals surface area contributed by atoms with Crippen molar-refractivity contribution in [2.24, 2.45) is 0 Å². The summed E-state index contributed by atoms with van der Waals surface area (Å²) < 4.78 is 17.7. The van der Waals surface area contributed by atoms with Gasteiger partial charge in [-0.1, -0.05) is 24.3 Å². The van der Waals surface area contributed by atoms with Crippen LogP contribution < -0.4 is 4.74 Å². The summed E-state index contributed by atoms with van der Waals surface area (Å²) >= 11 is 0. The molecule has 0 spiro atoms. The number of esters is 1. The van der Waals surface area contributed by atoms with E-state index in [1.54, 1.807) is 30.3 Å². The number of halogens is 1. The first-order valence-corrected chi connectivity index (χ1v) is 5.88. The summed E-state index contributed by atoms with van der Waals surface area (Å²) in [4.78, 5) is 22.2. The molecule has 2 aromatic carbocycles. The molecule has 0 aliphatic carbocycles. The Bertz CT molecular complexity index is 645. The molecule has 0 saturated carbocycles. The van der Waals surface area contributed by atoms with Crippen molar-refractivity contribution in [2.45, 2.75) is 0 Å². The Balaban J connectivity index is 2.01. The Kier molecular flexibility index (Phi) is 4.39. The minimum Gasteiger partial charge on any atom is -0.423 e. The van der Waals surface area contributed by atoms with Gasteiger partial charge in [0.25, 0.3) is 0 Å². The Labute approximate surface area is 115 Å². The molecule has 3 nitrogen and oxygen atoms in total. The van der Waals surface area contributed by atoms with Gasteiger partial charge in [-0.2, -0.15) is 0 Å². The maximum atomic E-state index is 12.7. The number of hydrogen-bond donors (Lipinski definition) is 0. The molecule has 0 aliphatic rings. The van der Waals surface area contributed by atoms with Gasteiger partial charge in [-0.15, -0.1) is 0 Å². The summed E-state index contributed by atoms with van der Waals surface area (Å²) in [6.45, 7) is 0. The highest BCUT2D eigenvalue weighted by Gasteiger charge is 2.01.